The Morgan fingerprint density at radius 3 is 0.776 bits per heavy atom. The van der Waals surface area contributed by atoms with Crippen LogP contribution in [0.1, 0.15) is 414 Å². The summed E-state index contributed by atoms with van der Waals surface area (Å²) >= 11 is 0. The van der Waals surface area contributed by atoms with Gasteiger partial charge in [0.05, 0.1) is 26.4 Å². The summed E-state index contributed by atoms with van der Waals surface area (Å²) in [4.78, 5) is 73.0. The molecule has 0 amide bonds. The van der Waals surface area contributed by atoms with E-state index in [2.05, 4.69) is 41.5 Å². The van der Waals surface area contributed by atoms with Crippen LogP contribution in [0.5, 0.6) is 0 Å². The smallest absolute Gasteiger partial charge is 0.462 e. The maximum Gasteiger partial charge on any atom is 0.472 e. The van der Waals surface area contributed by atoms with Crippen molar-refractivity contribution in [3.8, 4) is 0 Å². The number of esters is 4. The molecule has 0 aliphatic carbocycles. The molecule has 0 saturated heterocycles. The molecule has 0 saturated carbocycles. The molecule has 17 nitrogen and oxygen atoms in total. The molecule has 0 rings (SSSR count). The summed E-state index contributed by atoms with van der Waals surface area (Å²) in [6, 6.07) is 0. The summed E-state index contributed by atoms with van der Waals surface area (Å²) in [6.45, 7) is 9.68. The summed E-state index contributed by atoms with van der Waals surface area (Å²) in [6.07, 6.45) is 59.4. The highest BCUT2D eigenvalue weighted by molar-refractivity contribution is 7.47. The molecule has 0 fully saturated rings. The minimum Gasteiger partial charge on any atom is -0.462 e. The Morgan fingerprint density at radius 2 is 0.520 bits per heavy atom. The Hall–Kier alpha value is -1.94. The van der Waals surface area contributed by atoms with E-state index in [9.17, 15) is 43.2 Å². The van der Waals surface area contributed by atoms with Crippen molar-refractivity contribution >= 4 is 39.5 Å². The van der Waals surface area contributed by atoms with Crippen LogP contribution in [0.2, 0.25) is 0 Å². The van der Waals surface area contributed by atoms with Crippen LogP contribution >= 0.6 is 15.6 Å². The largest absolute Gasteiger partial charge is 0.472 e. The van der Waals surface area contributed by atoms with Crippen molar-refractivity contribution in [3.05, 3.63) is 0 Å². The second-order valence-corrected chi connectivity index (χ2v) is 32.1. The van der Waals surface area contributed by atoms with Gasteiger partial charge >= 0.3 is 39.5 Å². The molecule has 0 bridgehead atoms. The average molecular weight is 1440 g/mol. The number of phosphoric acid groups is 2. The highest BCUT2D eigenvalue weighted by atomic mass is 31.2. The van der Waals surface area contributed by atoms with E-state index in [1.807, 2.05) is 0 Å². The third-order valence-corrected chi connectivity index (χ3v) is 20.7. The Bertz CT molecular complexity index is 1890. The molecule has 582 valence electrons. The predicted octanol–water partition coefficient (Wildman–Crippen LogP) is 23.5. The minimum atomic E-state index is -4.96. The van der Waals surface area contributed by atoms with E-state index in [-0.39, 0.29) is 25.7 Å². The predicted molar refractivity (Wildman–Crippen MR) is 400 cm³/mol. The van der Waals surface area contributed by atoms with E-state index in [1.54, 1.807) is 0 Å². The van der Waals surface area contributed by atoms with Gasteiger partial charge in [-0.15, -0.1) is 0 Å². The number of carbonyl (C=O) groups is 4. The van der Waals surface area contributed by atoms with Gasteiger partial charge in [-0.25, -0.2) is 9.13 Å². The molecule has 0 spiro atoms. The number of phosphoric ester groups is 2. The number of unbranched alkanes of at least 4 members (excludes halogenated alkanes) is 47. The lowest BCUT2D eigenvalue weighted by atomic mass is 9.99. The molecule has 0 aliphatic rings. The molecular formula is C79H154O17P2. The van der Waals surface area contributed by atoms with E-state index in [0.29, 0.717) is 25.7 Å². The van der Waals surface area contributed by atoms with Crippen LogP contribution in [0.25, 0.3) is 0 Å². The Kier molecular flexibility index (Phi) is 69.3. The highest BCUT2D eigenvalue weighted by Gasteiger charge is 2.30. The third-order valence-electron chi connectivity index (χ3n) is 18.8. The van der Waals surface area contributed by atoms with Gasteiger partial charge in [0.15, 0.2) is 12.2 Å². The van der Waals surface area contributed by atoms with Crippen molar-refractivity contribution in [1.82, 2.24) is 0 Å². The van der Waals surface area contributed by atoms with Gasteiger partial charge in [0.1, 0.15) is 19.3 Å². The number of aliphatic hydroxyl groups is 1. The van der Waals surface area contributed by atoms with Gasteiger partial charge in [0.25, 0.3) is 0 Å². The SMILES string of the molecule is CCCCCCCCCCCCCCCCC(=O)O[C@H](COC(=O)CCCCCCCCCCCCCC)COP(=O)(O)OC[C@H](O)COP(=O)(O)OC[C@@H](COC(=O)CCCCCCCCCCCCC(C)CC)OC(=O)CCCCCCCCCCCCCCCCCC(C)C. The summed E-state index contributed by atoms with van der Waals surface area (Å²) in [5.74, 6) is -0.496. The molecule has 0 aliphatic heterocycles. The zero-order valence-electron chi connectivity index (χ0n) is 64.1. The molecular weight excluding hydrogens is 1280 g/mol. The van der Waals surface area contributed by atoms with Crippen LogP contribution in [-0.2, 0) is 65.4 Å². The summed E-state index contributed by atoms with van der Waals surface area (Å²) in [5, 5.41) is 10.6. The lowest BCUT2D eigenvalue weighted by Crippen LogP contribution is -2.30. The van der Waals surface area contributed by atoms with Gasteiger partial charge in [0, 0.05) is 25.7 Å². The number of aliphatic hydroxyl groups excluding tert-OH is 1. The van der Waals surface area contributed by atoms with Gasteiger partial charge in [-0.1, -0.05) is 363 Å². The van der Waals surface area contributed by atoms with Crippen molar-refractivity contribution in [2.75, 3.05) is 39.6 Å². The van der Waals surface area contributed by atoms with Crippen molar-refractivity contribution in [3.63, 3.8) is 0 Å². The van der Waals surface area contributed by atoms with E-state index < -0.39 is 97.5 Å². The zero-order valence-corrected chi connectivity index (χ0v) is 65.9. The number of carbonyl (C=O) groups excluding carboxylic acids is 4. The van der Waals surface area contributed by atoms with Crippen LogP contribution in [0.3, 0.4) is 0 Å². The van der Waals surface area contributed by atoms with Crippen LogP contribution in [0.4, 0.5) is 0 Å². The first-order valence-corrected chi connectivity index (χ1v) is 44.0. The first kappa shape index (κ1) is 96.1. The molecule has 0 heterocycles. The molecule has 0 aromatic carbocycles. The Balaban J connectivity index is 5.26. The van der Waals surface area contributed by atoms with E-state index in [4.69, 9.17) is 37.0 Å². The number of ether oxygens (including phenoxy) is 4. The van der Waals surface area contributed by atoms with Gasteiger partial charge in [0.2, 0.25) is 0 Å². The van der Waals surface area contributed by atoms with E-state index >= 15 is 0 Å². The zero-order chi connectivity index (χ0) is 72.1. The molecule has 98 heavy (non-hydrogen) atoms. The quantitative estimate of drug-likeness (QED) is 0.0222. The molecule has 3 N–H and O–H groups in total. The molecule has 0 radical (unpaired) electrons. The van der Waals surface area contributed by atoms with E-state index in [1.165, 1.54) is 231 Å². The normalized spacial score (nSPS) is 14.2. The lowest BCUT2D eigenvalue weighted by molar-refractivity contribution is -0.161. The van der Waals surface area contributed by atoms with Crippen molar-refractivity contribution in [2.45, 2.75) is 432 Å². The standard InChI is InChI=1S/C79H154O17P2/c1-7-10-12-14-16-18-20-22-27-31-39-45-51-57-63-78(83)95-74(67-89-76(81)61-55-49-43-37-30-21-19-17-15-13-11-8-2)69-93-97(85,86)91-65-73(80)66-92-98(87,88)94-70-75(68-90-77(82)62-56-50-44-38-34-33-36-42-48-54-60-72(6)9-3)96-79(84)64-58-52-46-40-32-28-25-23-24-26-29-35-41-47-53-59-71(4)5/h71-75,80H,7-70H2,1-6H3,(H,85,86)(H,87,88)/t72?,73-,74+,75+/m0/s1. The third kappa shape index (κ3) is 71.1. The van der Waals surface area contributed by atoms with Gasteiger partial charge in [-0.05, 0) is 37.5 Å². The minimum absolute atomic E-state index is 0.108. The maximum absolute atomic E-state index is 13.1. The maximum atomic E-state index is 13.1. The fraction of sp³-hybridized carbons (Fsp3) is 0.949. The first-order chi connectivity index (χ1) is 47.4. The highest BCUT2D eigenvalue weighted by Crippen LogP contribution is 2.45. The fourth-order valence-corrected chi connectivity index (χ4v) is 13.7. The topological polar surface area (TPSA) is 237 Å². The van der Waals surface area contributed by atoms with Crippen molar-refractivity contribution in [1.29, 1.82) is 0 Å². The summed E-state index contributed by atoms with van der Waals surface area (Å²) in [5.41, 5.74) is 0. The van der Waals surface area contributed by atoms with Crippen LogP contribution < -0.4 is 0 Å². The van der Waals surface area contributed by atoms with Gasteiger partial charge in [-0.2, -0.15) is 0 Å². The number of hydrogen-bond acceptors (Lipinski definition) is 15. The number of hydrogen-bond donors (Lipinski definition) is 3. The van der Waals surface area contributed by atoms with Crippen LogP contribution in [0.15, 0.2) is 0 Å². The Labute approximate surface area is 600 Å². The molecule has 0 aromatic rings. The van der Waals surface area contributed by atoms with Crippen LogP contribution in [-0.4, -0.2) is 96.7 Å². The monoisotopic (exact) mass is 1440 g/mol. The molecule has 6 atom stereocenters. The number of rotatable bonds is 78. The summed E-state index contributed by atoms with van der Waals surface area (Å²) < 4.78 is 68.7. The van der Waals surface area contributed by atoms with Gasteiger partial charge in [-0.3, -0.25) is 37.3 Å². The van der Waals surface area contributed by atoms with Crippen molar-refractivity contribution < 1.29 is 80.2 Å². The Morgan fingerprint density at radius 1 is 0.296 bits per heavy atom. The summed E-state index contributed by atoms with van der Waals surface area (Å²) in [7, 11) is -9.92. The lowest BCUT2D eigenvalue weighted by Gasteiger charge is -2.21. The first-order valence-electron chi connectivity index (χ1n) is 41.0. The molecule has 3 unspecified atom stereocenters. The average Bonchev–Trinajstić information content (AvgIpc) is 0.961. The second-order valence-electron chi connectivity index (χ2n) is 29.2. The fourth-order valence-electron chi connectivity index (χ4n) is 12.2. The second kappa shape index (κ2) is 70.7. The van der Waals surface area contributed by atoms with Crippen LogP contribution in [0, 0.1) is 11.8 Å². The molecule has 19 heteroatoms. The van der Waals surface area contributed by atoms with Gasteiger partial charge < -0.3 is 33.8 Å². The van der Waals surface area contributed by atoms with E-state index in [0.717, 1.165) is 102 Å². The van der Waals surface area contributed by atoms with Crippen molar-refractivity contribution in [2.24, 2.45) is 11.8 Å². The molecule has 0 aromatic heterocycles.